The Labute approximate surface area is 112 Å². The molecule has 1 aromatic carbocycles. The Kier molecular flexibility index (Phi) is 5.38. The fourth-order valence-corrected chi connectivity index (χ4v) is 1.86. The first-order chi connectivity index (χ1) is 7.81. The molecule has 0 aliphatic heterocycles. The predicted octanol–water partition coefficient (Wildman–Crippen LogP) is 4.69. The zero-order valence-electron chi connectivity index (χ0n) is 8.54. The van der Waals surface area contributed by atoms with Gasteiger partial charge in [-0.15, -0.1) is 0 Å². The lowest BCUT2D eigenvalue weighted by Crippen LogP contribution is -2.21. The topological polar surface area (TPSA) is 12.0 Å². The van der Waals surface area contributed by atoms with Gasteiger partial charge >= 0.3 is 6.18 Å². The Balaban J connectivity index is 2.55. The Morgan fingerprint density at radius 3 is 2.24 bits per heavy atom. The number of benzene rings is 1. The highest BCUT2D eigenvalue weighted by atomic mass is 35.5. The lowest BCUT2D eigenvalue weighted by Gasteiger charge is -2.11. The highest BCUT2D eigenvalue weighted by Gasteiger charge is 2.26. The van der Waals surface area contributed by atoms with Crippen LogP contribution in [-0.2, 0) is 6.54 Å². The number of halogens is 6. The first-order valence-electron chi connectivity index (χ1n) is 4.71. The second-order valence-corrected chi connectivity index (χ2v) is 4.56. The molecule has 0 atom stereocenters. The van der Waals surface area contributed by atoms with E-state index in [9.17, 15) is 13.2 Å². The Hall–Kier alpha value is -0.160. The lowest BCUT2D eigenvalue weighted by atomic mass is 10.2. The molecule has 0 bridgehead atoms. The zero-order chi connectivity index (χ0) is 13.1. The fourth-order valence-electron chi connectivity index (χ4n) is 1.17. The van der Waals surface area contributed by atoms with E-state index in [-0.39, 0.29) is 18.1 Å². The molecule has 0 heterocycles. The summed E-state index contributed by atoms with van der Waals surface area (Å²) < 4.78 is 35.7. The van der Waals surface area contributed by atoms with Gasteiger partial charge in [0.1, 0.15) is 0 Å². The van der Waals surface area contributed by atoms with E-state index < -0.39 is 12.6 Å². The molecule has 0 aliphatic carbocycles. The van der Waals surface area contributed by atoms with E-state index in [0.29, 0.717) is 15.6 Å². The molecular formula is C10H9Cl3F3N. The van der Waals surface area contributed by atoms with E-state index in [1.807, 2.05) is 0 Å². The molecular weight excluding hydrogens is 297 g/mol. The van der Waals surface area contributed by atoms with Gasteiger partial charge in [0, 0.05) is 23.7 Å². The van der Waals surface area contributed by atoms with Gasteiger partial charge in [0.2, 0.25) is 0 Å². The van der Waals surface area contributed by atoms with E-state index >= 15 is 0 Å². The van der Waals surface area contributed by atoms with Crippen molar-refractivity contribution in [1.82, 2.24) is 5.32 Å². The molecule has 7 heteroatoms. The van der Waals surface area contributed by atoms with E-state index in [2.05, 4.69) is 5.32 Å². The minimum atomic E-state index is -4.17. The molecule has 0 amide bonds. The summed E-state index contributed by atoms with van der Waals surface area (Å²) in [7, 11) is 0. The summed E-state index contributed by atoms with van der Waals surface area (Å²) in [6.07, 6.45) is -5.07. The molecule has 0 saturated heterocycles. The monoisotopic (exact) mass is 305 g/mol. The van der Waals surface area contributed by atoms with Gasteiger partial charge in [0.15, 0.2) is 0 Å². The number of alkyl halides is 3. The Morgan fingerprint density at radius 1 is 1.06 bits per heavy atom. The number of hydrogen-bond acceptors (Lipinski definition) is 1. The quantitative estimate of drug-likeness (QED) is 0.628. The van der Waals surface area contributed by atoms with Crippen molar-refractivity contribution in [2.75, 3.05) is 6.54 Å². The third-order valence-corrected chi connectivity index (χ3v) is 3.22. The molecule has 17 heavy (non-hydrogen) atoms. The van der Waals surface area contributed by atoms with Crippen LogP contribution in [0.4, 0.5) is 13.2 Å². The summed E-state index contributed by atoms with van der Waals surface area (Å²) in [5.41, 5.74) is 0.503. The van der Waals surface area contributed by atoms with Crippen molar-refractivity contribution in [2.24, 2.45) is 0 Å². The summed E-state index contributed by atoms with van der Waals surface area (Å²) in [6, 6.07) is 3.09. The molecule has 96 valence electrons. The minimum Gasteiger partial charge on any atom is -0.312 e. The van der Waals surface area contributed by atoms with Crippen molar-refractivity contribution >= 4 is 34.8 Å². The number of nitrogens with one attached hydrogen (secondary N) is 1. The van der Waals surface area contributed by atoms with Crippen molar-refractivity contribution in [3.05, 3.63) is 32.8 Å². The molecule has 0 radical (unpaired) electrons. The third kappa shape index (κ3) is 4.92. The van der Waals surface area contributed by atoms with Gasteiger partial charge in [-0.2, -0.15) is 13.2 Å². The average Bonchev–Trinajstić information content (AvgIpc) is 2.21. The van der Waals surface area contributed by atoms with Crippen LogP contribution in [-0.4, -0.2) is 12.7 Å². The third-order valence-electron chi connectivity index (χ3n) is 2.03. The van der Waals surface area contributed by atoms with Crippen molar-refractivity contribution in [1.29, 1.82) is 0 Å². The van der Waals surface area contributed by atoms with E-state index in [1.54, 1.807) is 6.07 Å². The van der Waals surface area contributed by atoms with Gasteiger partial charge in [-0.3, -0.25) is 0 Å². The van der Waals surface area contributed by atoms with Crippen molar-refractivity contribution < 1.29 is 13.2 Å². The van der Waals surface area contributed by atoms with Crippen LogP contribution in [0.1, 0.15) is 12.0 Å². The molecule has 0 spiro atoms. The van der Waals surface area contributed by atoms with Crippen LogP contribution < -0.4 is 5.32 Å². The average molecular weight is 307 g/mol. The summed E-state index contributed by atoms with van der Waals surface area (Å²) in [4.78, 5) is 0. The maximum absolute atomic E-state index is 11.9. The summed E-state index contributed by atoms with van der Waals surface area (Å²) >= 11 is 17.5. The van der Waals surface area contributed by atoms with Crippen LogP contribution in [0.5, 0.6) is 0 Å². The van der Waals surface area contributed by atoms with Crippen molar-refractivity contribution in [3.8, 4) is 0 Å². The van der Waals surface area contributed by atoms with Crippen LogP contribution in [0, 0.1) is 0 Å². The van der Waals surface area contributed by atoms with Crippen LogP contribution in [0.3, 0.4) is 0 Å². The second-order valence-electron chi connectivity index (χ2n) is 3.36. The molecule has 0 fully saturated rings. The maximum Gasteiger partial charge on any atom is 0.390 e. The Morgan fingerprint density at radius 2 is 1.65 bits per heavy atom. The van der Waals surface area contributed by atoms with Gasteiger partial charge in [-0.1, -0.05) is 34.8 Å². The van der Waals surface area contributed by atoms with Gasteiger partial charge in [-0.25, -0.2) is 0 Å². The molecule has 1 rings (SSSR count). The fraction of sp³-hybridized carbons (Fsp3) is 0.400. The molecule has 0 saturated carbocycles. The van der Waals surface area contributed by atoms with E-state index in [4.69, 9.17) is 34.8 Å². The highest BCUT2D eigenvalue weighted by molar-refractivity contribution is 6.44. The normalized spacial score (nSPS) is 11.9. The molecule has 0 aromatic heterocycles. The molecule has 1 nitrogen and oxygen atoms in total. The first kappa shape index (κ1) is 14.9. The number of hydrogen-bond donors (Lipinski definition) is 1. The Bertz CT molecular complexity index is 393. The summed E-state index contributed by atoms with van der Waals surface area (Å²) in [5, 5.41) is 3.58. The van der Waals surface area contributed by atoms with Gasteiger partial charge in [0.05, 0.1) is 16.5 Å². The van der Waals surface area contributed by atoms with Gasteiger partial charge < -0.3 is 5.32 Å². The molecule has 0 unspecified atom stereocenters. The smallest absolute Gasteiger partial charge is 0.312 e. The molecule has 1 N–H and O–H groups in total. The second kappa shape index (κ2) is 6.14. The SMILES string of the molecule is FC(F)(F)CCNCc1c(Cl)ccc(Cl)c1Cl. The predicted molar refractivity (Wildman–Crippen MR) is 63.9 cm³/mol. The zero-order valence-corrected chi connectivity index (χ0v) is 10.8. The van der Waals surface area contributed by atoms with Crippen LogP contribution >= 0.6 is 34.8 Å². The maximum atomic E-state index is 11.9. The van der Waals surface area contributed by atoms with E-state index in [0.717, 1.165) is 0 Å². The van der Waals surface area contributed by atoms with Crippen LogP contribution in [0.25, 0.3) is 0 Å². The minimum absolute atomic E-state index is 0.147. The number of rotatable bonds is 4. The molecule has 0 aliphatic rings. The van der Waals surface area contributed by atoms with Crippen molar-refractivity contribution in [2.45, 2.75) is 19.1 Å². The van der Waals surface area contributed by atoms with Crippen LogP contribution in [0.15, 0.2) is 12.1 Å². The molecule has 1 aromatic rings. The first-order valence-corrected chi connectivity index (χ1v) is 5.84. The van der Waals surface area contributed by atoms with Gasteiger partial charge in [-0.05, 0) is 12.1 Å². The standard InChI is InChI=1S/C10H9Cl3F3N/c11-7-1-2-8(12)9(13)6(7)5-17-4-3-10(14,15)16/h1-2,17H,3-5H2. The summed E-state index contributed by atoms with van der Waals surface area (Å²) in [6.45, 7) is -0.0447. The lowest BCUT2D eigenvalue weighted by molar-refractivity contribution is -0.133. The van der Waals surface area contributed by atoms with Crippen molar-refractivity contribution in [3.63, 3.8) is 0 Å². The highest BCUT2D eigenvalue weighted by Crippen LogP contribution is 2.31. The van der Waals surface area contributed by atoms with E-state index in [1.165, 1.54) is 6.07 Å². The summed E-state index contributed by atoms with van der Waals surface area (Å²) in [5.74, 6) is 0. The largest absolute Gasteiger partial charge is 0.390 e. The van der Waals surface area contributed by atoms with Crippen LogP contribution in [0.2, 0.25) is 15.1 Å². The van der Waals surface area contributed by atoms with Gasteiger partial charge in [0.25, 0.3) is 0 Å².